The molecule has 4 aromatic rings. The number of aromatic nitrogens is 4. The fraction of sp³-hybridized carbons (Fsp3) is 0.227. The van der Waals surface area contributed by atoms with E-state index in [4.69, 9.17) is 20.9 Å². The van der Waals surface area contributed by atoms with Gasteiger partial charge in [0.15, 0.2) is 0 Å². The lowest BCUT2D eigenvalue weighted by atomic mass is 9.95. The molecule has 0 aliphatic carbocycles. The molecule has 0 unspecified atom stereocenters. The summed E-state index contributed by atoms with van der Waals surface area (Å²) < 4.78 is 13.0. The van der Waals surface area contributed by atoms with Crippen LogP contribution in [0.15, 0.2) is 59.4 Å². The van der Waals surface area contributed by atoms with Crippen molar-refractivity contribution in [3.8, 4) is 22.8 Å². The summed E-state index contributed by atoms with van der Waals surface area (Å²) in [6, 6.07) is 14.0. The van der Waals surface area contributed by atoms with Crippen LogP contribution >= 0.6 is 11.6 Å². The maximum atomic E-state index is 5.87. The third kappa shape index (κ3) is 3.60. The van der Waals surface area contributed by atoms with Gasteiger partial charge in [-0.05, 0) is 30.2 Å². The van der Waals surface area contributed by atoms with E-state index in [1.54, 1.807) is 12.3 Å². The van der Waals surface area contributed by atoms with Crippen molar-refractivity contribution in [2.24, 2.45) is 0 Å². The monoisotopic (exact) mass is 433 g/mol. The highest BCUT2D eigenvalue weighted by Gasteiger charge is 2.35. The first-order chi connectivity index (χ1) is 14.5. The zero-order valence-electron chi connectivity index (χ0n) is 16.3. The molecule has 0 N–H and O–H groups in total. The van der Waals surface area contributed by atoms with Crippen molar-refractivity contribution in [2.45, 2.75) is 18.5 Å². The minimum Gasteiger partial charge on any atom is -0.380 e. The smallest absolute Gasteiger partial charge is 0.259 e. The molecule has 30 heavy (non-hydrogen) atoms. The molecular weight excluding hydrogens is 416 g/mol. The highest BCUT2D eigenvalue weighted by molar-refractivity contribution is 6.29. The second-order valence-electron chi connectivity index (χ2n) is 7.56. The van der Waals surface area contributed by atoms with Gasteiger partial charge >= 0.3 is 0 Å². The molecule has 0 bridgehead atoms. The van der Waals surface area contributed by atoms with Crippen LogP contribution in [0.5, 0.6) is 0 Å². The first-order valence-corrected chi connectivity index (χ1v) is 10.4. The van der Waals surface area contributed by atoms with Crippen molar-refractivity contribution >= 4 is 21.8 Å². The quantitative estimate of drug-likeness (QED) is 0.351. The maximum Gasteiger partial charge on any atom is 0.259 e. The summed E-state index contributed by atoms with van der Waals surface area (Å²) in [5, 5.41) is 4.57. The molecule has 0 atom stereocenters. The van der Waals surface area contributed by atoms with E-state index in [2.05, 4.69) is 42.1 Å². The lowest BCUT2D eigenvalue weighted by Gasteiger charge is -2.38. The van der Waals surface area contributed by atoms with Crippen molar-refractivity contribution in [1.82, 2.24) is 19.7 Å². The van der Waals surface area contributed by atoms with Gasteiger partial charge in [0.25, 0.3) is 5.89 Å². The van der Waals surface area contributed by atoms with E-state index in [0.29, 0.717) is 36.6 Å². The number of nitrogens with zero attached hydrogens (tertiary/aromatic N) is 4. The van der Waals surface area contributed by atoms with Crippen LogP contribution in [0.1, 0.15) is 16.8 Å². The van der Waals surface area contributed by atoms with Crippen LogP contribution in [0.3, 0.4) is 0 Å². The van der Waals surface area contributed by atoms with Gasteiger partial charge in [-0.25, -0.2) is 4.98 Å². The summed E-state index contributed by atoms with van der Waals surface area (Å²) in [6.45, 7) is 4.09. The molecule has 1 saturated heterocycles. The number of pyridine rings is 1. The lowest BCUT2D eigenvalue weighted by Crippen LogP contribution is -2.47. The van der Waals surface area contributed by atoms with E-state index in [1.807, 2.05) is 37.4 Å². The standard InChI is InChI=1S/C22H18ClN4O2Si/c1-14-8-17(11-27(14)10-15-2-7-19(23)24-9-15)21-25-20(26-29-21)16-3-5-18(6-4-16)22(30)12-28-13-22/h2-9,11H,10,12-13H2,1H3. The lowest BCUT2D eigenvalue weighted by molar-refractivity contribution is -0.0156. The molecule has 8 heteroatoms. The molecule has 5 rings (SSSR count). The molecular formula is C22H18ClN4O2Si. The number of rotatable bonds is 5. The van der Waals surface area contributed by atoms with E-state index >= 15 is 0 Å². The number of benzene rings is 1. The van der Waals surface area contributed by atoms with Crippen molar-refractivity contribution < 1.29 is 9.26 Å². The fourth-order valence-electron chi connectivity index (χ4n) is 3.47. The van der Waals surface area contributed by atoms with E-state index < -0.39 is 0 Å². The highest BCUT2D eigenvalue weighted by Crippen LogP contribution is 2.31. The van der Waals surface area contributed by atoms with Crippen LogP contribution in [0.4, 0.5) is 0 Å². The van der Waals surface area contributed by atoms with Crippen molar-refractivity contribution in [3.05, 3.63) is 76.8 Å². The number of hydrogen-bond acceptors (Lipinski definition) is 5. The first kappa shape index (κ1) is 19.2. The number of ether oxygens (including phenoxy) is 1. The average molecular weight is 434 g/mol. The predicted octanol–water partition coefficient (Wildman–Crippen LogP) is 4.00. The molecule has 4 heterocycles. The molecule has 1 fully saturated rings. The van der Waals surface area contributed by atoms with E-state index in [9.17, 15) is 0 Å². The van der Waals surface area contributed by atoms with Gasteiger partial charge < -0.3 is 13.8 Å². The second-order valence-corrected chi connectivity index (χ2v) is 8.91. The Kier molecular flexibility index (Phi) is 4.81. The Bertz CT molecular complexity index is 1180. The number of halogens is 1. The van der Waals surface area contributed by atoms with Gasteiger partial charge in [0.05, 0.1) is 18.8 Å². The molecule has 1 aromatic carbocycles. The zero-order chi connectivity index (χ0) is 20.7. The van der Waals surface area contributed by atoms with Gasteiger partial charge in [-0.1, -0.05) is 47.1 Å². The summed E-state index contributed by atoms with van der Waals surface area (Å²) in [5.74, 6) is 1.06. The fourth-order valence-corrected chi connectivity index (χ4v) is 3.95. The Balaban J connectivity index is 1.36. The molecule has 1 aliphatic heterocycles. The Hall–Kier alpha value is -2.74. The minimum atomic E-state index is -0.0824. The largest absolute Gasteiger partial charge is 0.380 e. The number of aryl methyl sites for hydroxylation is 1. The van der Waals surface area contributed by atoms with Crippen molar-refractivity contribution in [2.75, 3.05) is 13.2 Å². The summed E-state index contributed by atoms with van der Waals surface area (Å²) in [7, 11) is 3.80. The van der Waals surface area contributed by atoms with Gasteiger partial charge in [0.1, 0.15) is 5.15 Å². The molecule has 3 radical (unpaired) electrons. The Morgan fingerprint density at radius 2 is 1.93 bits per heavy atom. The summed E-state index contributed by atoms with van der Waals surface area (Å²) in [5.41, 5.74) is 5.14. The molecule has 6 nitrogen and oxygen atoms in total. The normalized spacial score (nSPS) is 15.2. The van der Waals surface area contributed by atoms with E-state index in [1.165, 1.54) is 5.56 Å². The summed E-state index contributed by atoms with van der Waals surface area (Å²) in [6.07, 6.45) is 3.79. The topological polar surface area (TPSA) is 66.0 Å². The van der Waals surface area contributed by atoms with Gasteiger partial charge in [-0.2, -0.15) is 4.98 Å². The second kappa shape index (κ2) is 7.50. The van der Waals surface area contributed by atoms with Crippen LogP contribution in [-0.2, 0) is 16.3 Å². The Labute approximate surface area is 182 Å². The third-order valence-electron chi connectivity index (χ3n) is 5.32. The van der Waals surface area contributed by atoms with E-state index in [-0.39, 0.29) is 5.04 Å². The SMILES string of the molecule is Cc1cc(-c2nc(-c3ccc(C4([Si])COC4)cc3)no2)cn1Cc1ccc(Cl)nc1. The van der Waals surface area contributed by atoms with Gasteiger partial charge in [-0.15, -0.1) is 0 Å². The van der Waals surface area contributed by atoms with Crippen molar-refractivity contribution in [3.63, 3.8) is 0 Å². The average Bonchev–Trinajstić information content (AvgIpc) is 3.35. The number of hydrogen-bond donors (Lipinski definition) is 0. The summed E-state index contributed by atoms with van der Waals surface area (Å²) in [4.78, 5) is 8.73. The Morgan fingerprint density at radius 3 is 2.60 bits per heavy atom. The first-order valence-electron chi connectivity index (χ1n) is 9.55. The van der Waals surface area contributed by atoms with Crippen LogP contribution in [-0.4, -0.2) is 43.1 Å². The van der Waals surface area contributed by atoms with Gasteiger partial charge in [-0.3, -0.25) is 0 Å². The molecule has 149 valence electrons. The molecule has 1 aliphatic rings. The van der Waals surface area contributed by atoms with Crippen LogP contribution in [0.2, 0.25) is 5.15 Å². The maximum absolute atomic E-state index is 5.87. The highest BCUT2D eigenvalue weighted by atomic mass is 35.5. The van der Waals surface area contributed by atoms with Crippen LogP contribution in [0, 0.1) is 6.92 Å². The zero-order valence-corrected chi connectivity index (χ0v) is 18.1. The predicted molar refractivity (Wildman–Crippen MR) is 114 cm³/mol. The minimum absolute atomic E-state index is 0.0824. The molecule has 0 spiro atoms. The van der Waals surface area contributed by atoms with Gasteiger partial charge in [0.2, 0.25) is 5.82 Å². The molecule has 0 amide bonds. The van der Waals surface area contributed by atoms with Crippen LogP contribution in [0.25, 0.3) is 22.8 Å². The van der Waals surface area contributed by atoms with Gasteiger partial charge in [0, 0.05) is 45.5 Å². The molecule has 3 aromatic heterocycles. The van der Waals surface area contributed by atoms with Crippen molar-refractivity contribution in [1.29, 1.82) is 0 Å². The Morgan fingerprint density at radius 1 is 1.13 bits per heavy atom. The third-order valence-corrected chi connectivity index (χ3v) is 6.12. The van der Waals surface area contributed by atoms with E-state index in [0.717, 1.165) is 22.4 Å². The summed E-state index contributed by atoms with van der Waals surface area (Å²) >= 11 is 5.87. The molecule has 0 saturated carbocycles. The van der Waals surface area contributed by atoms with Crippen LogP contribution < -0.4 is 0 Å².